The zero-order chi connectivity index (χ0) is 22.8. The number of rotatable bonds is 6. The van der Waals surface area contributed by atoms with Crippen LogP contribution in [0.5, 0.6) is 5.75 Å². The van der Waals surface area contributed by atoms with Gasteiger partial charge in [-0.1, -0.05) is 23.8 Å². The molecule has 0 aliphatic rings. The Morgan fingerprint density at radius 1 is 0.968 bits per heavy atom. The van der Waals surface area contributed by atoms with Gasteiger partial charge in [0.05, 0.1) is 4.92 Å². The number of carbonyl (C=O) groups is 1. The van der Waals surface area contributed by atoms with Crippen LogP contribution < -0.4 is 9.50 Å². The highest BCUT2D eigenvalue weighted by Crippen LogP contribution is 2.25. The highest BCUT2D eigenvalue weighted by Gasteiger charge is 2.20. The van der Waals surface area contributed by atoms with Gasteiger partial charge in [-0.15, -0.1) is 0 Å². The van der Waals surface area contributed by atoms with Crippen LogP contribution in [-0.2, 0) is 10.1 Å². The van der Waals surface area contributed by atoms with Gasteiger partial charge in [0.15, 0.2) is 0 Å². The van der Waals surface area contributed by atoms with Crippen molar-refractivity contribution < 1.29 is 22.3 Å². The largest absolute Gasteiger partial charge is 0.379 e. The lowest BCUT2D eigenvalue weighted by atomic mass is 10.0. The quantitative estimate of drug-likeness (QED) is 0.342. The second-order valence-corrected chi connectivity index (χ2v) is 8.59. The van der Waals surface area contributed by atoms with E-state index in [1.807, 2.05) is 32.9 Å². The van der Waals surface area contributed by atoms with Gasteiger partial charge in [-0.2, -0.15) is 8.42 Å². The summed E-state index contributed by atoms with van der Waals surface area (Å²) in [6.45, 7) is 5.79. The summed E-state index contributed by atoms with van der Waals surface area (Å²) in [5.41, 5.74) is 3.66. The lowest BCUT2D eigenvalue weighted by Gasteiger charge is -2.13. The third-order valence-corrected chi connectivity index (χ3v) is 5.80. The molecule has 0 unspecified atom stereocenters. The van der Waals surface area contributed by atoms with E-state index < -0.39 is 15.0 Å². The minimum atomic E-state index is -4.27. The molecule has 0 radical (unpaired) electrons. The van der Waals surface area contributed by atoms with Gasteiger partial charge in [0.2, 0.25) is 0 Å². The summed E-state index contributed by atoms with van der Waals surface area (Å²) in [5, 5.41) is 13.7. The van der Waals surface area contributed by atoms with Crippen LogP contribution in [0, 0.1) is 30.9 Å². The van der Waals surface area contributed by atoms with Crippen LogP contribution in [0.15, 0.2) is 65.6 Å². The minimum absolute atomic E-state index is 0.0225. The lowest BCUT2D eigenvalue weighted by Crippen LogP contribution is -2.14. The monoisotopic (exact) mass is 440 g/mol. The number of carbonyl (C=O) groups excluding carboxylic acids is 1. The Labute approximate surface area is 179 Å². The number of benzene rings is 3. The first-order valence-electron chi connectivity index (χ1n) is 9.25. The molecule has 0 aromatic heterocycles. The van der Waals surface area contributed by atoms with Crippen LogP contribution in [0.1, 0.15) is 27.0 Å². The smallest absolute Gasteiger partial charge is 0.339 e. The molecule has 0 bridgehead atoms. The Balaban J connectivity index is 1.76. The number of amides is 1. The summed E-state index contributed by atoms with van der Waals surface area (Å²) in [6.07, 6.45) is 0. The van der Waals surface area contributed by atoms with Crippen LogP contribution in [-0.4, -0.2) is 19.2 Å². The number of nitro groups is 1. The molecule has 3 aromatic carbocycles. The SMILES string of the molecule is Cc1cc(C)c(NC(=O)c2ccc(OS(=O)(=O)c3cccc([N+](=O)[O-])c3)cc2)c(C)c1. The summed E-state index contributed by atoms with van der Waals surface area (Å²) >= 11 is 0. The number of anilines is 1. The fourth-order valence-electron chi connectivity index (χ4n) is 3.15. The van der Waals surface area contributed by atoms with Gasteiger partial charge in [0.1, 0.15) is 10.6 Å². The summed E-state index contributed by atoms with van der Waals surface area (Å²) in [4.78, 5) is 22.4. The summed E-state index contributed by atoms with van der Waals surface area (Å²) in [7, 11) is -4.27. The van der Waals surface area contributed by atoms with E-state index in [2.05, 4.69) is 5.32 Å². The molecule has 8 nitrogen and oxygen atoms in total. The molecule has 0 fully saturated rings. The standard InChI is InChI=1S/C22H20N2O6S/c1-14-11-15(2)21(16(3)12-14)23-22(25)17-7-9-19(10-8-17)30-31(28,29)20-6-4-5-18(13-20)24(26)27/h4-13H,1-3H3,(H,23,25). The molecule has 160 valence electrons. The van der Waals surface area contributed by atoms with E-state index in [9.17, 15) is 23.3 Å². The number of aryl methyl sites for hydroxylation is 3. The molecule has 1 amide bonds. The zero-order valence-electron chi connectivity index (χ0n) is 17.1. The molecule has 3 rings (SSSR count). The predicted octanol–water partition coefficient (Wildman–Crippen LogP) is 4.54. The first-order chi connectivity index (χ1) is 14.6. The molecule has 0 saturated heterocycles. The molecule has 3 aromatic rings. The van der Waals surface area contributed by atoms with Crippen molar-refractivity contribution in [1.82, 2.24) is 0 Å². The number of non-ortho nitro benzene ring substituents is 1. The normalized spacial score (nSPS) is 11.1. The van der Waals surface area contributed by atoms with E-state index in [0.29, 0.717) is 5.56 Å². The van der Waals surface area contributed by atoms with Gasteiger partial charge in [0, 0.05) is 23.4 Å². The molecule has 31 heavy (non-hydrogen) atoms. The van der Waals surface area contributed by atoms with Crippen LogP contribution in [0.25, 0.3) is 0 Å². The van der Waals surface area contributed by atoms with Gasteiger partial charge in [-0.05, 0) is 62.2 Å². The van der Waals surface area contributed by atoms with Crippen molar-refractivity contribution in [2.24, 2.45) is 0 Å². The third-order valence-electron chi connectivity index (χ3n) is 4.56. The van der Waals surface area contributed by atoms with Crippen molar-refractivity contribution in [2.75, 3.05) is 5.32 Å². The van der Waals surface area contributed by atoms with Crippen LogP contribution in [0.2, 0.25) is 0 Å². The van der Waals surface area contributed by atoms with E-state index in [1.54, 1.807) is 0 Å². The molecule has 9 heteroatoms. The highest BCUT2D eigenvalue weighted by atomic mass is 32.2. The third kappa shape index (κ3) is 5.07. The lowest BCUT2D eigenvalue weighted by molar-refractivity contribution is -0.385. The Morgan fingerprint density at radius 3 is 2.16 bits per heavy atom. The first-order valence-corrected chi connectivity index (χ1v) is 10.7. The Hall–Kier alpha value is -3.72. The van der Waals surface area contributed by atoms with Crippen LogP contribution >= 0.6 is 0 Å². The van der Waals surface area contributed by atoms with Crippen LogP contribution in [0.3, 0.4) is 0 Å². The van der Waals surface area contributed by atoms with Crippen molar-refractivity contribution in [3.63, 3.8) is 0 Å². The molecule has 0 saturated carbocycles. The Morgan fingerprint density at radius 2 is 1.58 bits per heavy atom. The Bertz CT molecular complexity index is 1240. The second-order valence-electron chi connectivity index (χ2n) is 7.04. The van der Waals surface area contributed by atoms with Crippen molar-refractivity contribution in [3.05, 3.63) is 93.0 Å². The van der Waals surface area contributed by atoms with E-state index in [-0.39, 0.29) is 22.2 Å². The number of nitrogens with zero attached hydrogens (tertiary/aromatic N) is 1. The van der Waals surface area contributed by atoms with E-state index in [0.717, 1.165) is 28.4 Å². The fourth-order valence-corrected chi connectivity index (χ4v) is 4.12. The number of nitro benzene ring substituents is 1. The van der Waals surface area contributed by atoms with Crippen molar-refractivity contribution in [1.29, 1.82) is 0 Å². The summed E-state index contributed by atoms with van der Waals surface area (Å²) in [5.74, 6) is -0.367. The Kier molecular flexibility index (Phi) is 6.07. The maximum atomic E-state index is 12.6. The maximum absolute atomic E-state index is 12.6. The molecule has 0 spiro atoms. The second kappa shape index (κ2) is 8.57. The molecule has 0 atom stereocenters. The summed E-state index contributed by atoms with van der Waals surface area (Å²) in [6, 6.07) is 14.1. The topological polar surface area (TPSA) is 116 Å². The molecule has 0 aliphatic heterocycles. The van der Waals surface area contributed by atoms with E-state index in [4.69, 9.17) is 4.18 Å². The van der Waals surface area contributed by atoms with Crippen molar-refractivity contribution in [3.8, 4) is 5.75 Å². The maximum Gasteiger partial charge on any atom is 0.339 e. The highest BCUT2D eigenvalue weighted by molar-refractivity contribution is 7.87. The molecular formula is C22H20N2O6S. The van der Waals surface area contributed by atoms with Gasteiger partial charge in [-0.25, -0.2) is 0 Å². The first kappa shape index (κ1) is 22.0. The molecule has 0 heterocycles. The molecule has 0 aliphatic carbocycles. The number of nitrogens with one attached hydrogen (secondary N) is 1. The fraction of sp³-hybridized carbons (Fsp3) is 0.136. The predicted molar refractivity (Wildman–Crippen MR) is 116 cm³/mol. The average molecular weight is 440 g/mol. The van der Waals surface area contributed by atoms with Crippen molar-refractivity contribution >= 4 is 27.4 Å². The molecular weight excluding hydrogens is 420 g/mol. The number of hydrogen-bond donors (Lipinski definition) is 1. The van der Waals surface area contributed by atoms with Gasteiger partial charge in [-0.3, -0.25) is 14.9 Å². The van der Waals surface area contributed by atoms with Crippen molar-refractivity contribution in [2.45, 2.75) is 25.7 Å². The van der Waals surface area contributed by atoms with Gasteiger partial charge < -0.3 is 9.50 Å². The number of hydrogen-bond acceptors (Lipinski definition) is 6. The van der Waals surface area contributed by atoms with Crippen LogP contribution in [0.4, 0.5) is 11.4 Å². The summed E-state index contributed by atoms with van der Waals surface area (Å²) < 4.78 is 29.9. The van der Waals surface area contributed by atoms with E-state index >= 15 is 0 Å². The van der Waals surface area contributed by atoms with Gasteiger partial charge in [0.25, 0.3) is 11.6 Å². The van der Waals surface area contributed by atoms with E-state index in [1.165, 1.54) is 42.5 Å². The zero-order valence-corrected chi connectivity index (χ0v) is 17.9. The average Bonchev–Trinajstić information content (AvgIpc) is 2.71. The molecule has 1 N–H and O–H groups in total. The van der Waals surface area contributed by atoms with Gasteiger partial charge >= 0.3 is 10.1 Å². The minimum Gasteiger partial charge on any atom is -0.379 e.